The smallest absolute Gasteiger partial charge is 0.231 e. The van der Waals surface area contributed by atoms with Crippen molar-refractivity contribution in [2.75, 3.05) is 5.75 Å². The van der Waals surface area contributed by atoms with E-state index in [-0.39, 0.29) is 23.4 Å². The number of aromatic nitrogens is 3. The summed E-state index contributed by atoms with van der Waals surface area (Å²) in [5, 5.41) is 11.5. The molecule has 7 heteroatoms. The van der Waals surface area contributed by atoms with E-state index in [1.807, 2.05) is 18.4 Å². The fourth-order valence-electron chi connectivity index (χ4n) is 2.02. The molecule has 1 aliphatic carbocycles. The van der Waals surface area contributed by atoms with E-state index < -0.39 is 6.04 Å². The van der Waals surface area contributed by atoms with E-state index in [9.17, 15) is 9.59 Å². The Morgan fingerprint density at radius 3 is 2.75 bits per heavy atom. The molecule has 1 saturated carbocycles. The van der Waals surface area contributed by atoms with Gasteiger partial charge in [0, 0.05) is 6.04 Å². The van der Waals surface area contributed by atoms with E-state index in [0.29, 0.717) is 6.04 Å². The van der Waals surface area contributed by atoms with E-state index >= 15 is 0 Å². The highest BCUT2D eigenvalue weighted by Gasteiger charge is 2.27. The zero-order valence-electron chi connectivity index (χ0n) is 12.0. The van der Waals surface area contributed by atoms with Crippen LogP contribution in [0.1, 0.15) is 39.7 Å². The van der Waals surface area contributed by atoms with Gasteiger partial charge in [-0.1, -0.05) is 25.6 Å². The molecule has 1 unspecified atom stereocenters. The summed E-state index contributed by atoms with van der Waals surface area (Å²) in [5.41, 5.74) is 0. The third-order valence-corrected chi connectivity index (χ3v) is 4.19. The number of amides is 1. The maximum Gasteiger partial charge on any atom is 0.231 e. The van der Waals surface area contributed by atoms with Crippen LogP contribution in [0.25, 0.3) is 0 Å². The van der Waals surface area contributed by atoms with Crippen LogP contribution in [-0.2, 0) is 9.59 Å². The van der Waals surface area contributed by atoms with Gasteiger partial charge in [-0.2, -0.15) is 0 Å². The SMILES string of the molecule is CC(=O)C(NC(=O)CSc1nncn1C1CC1)C(C)C. The highest BCUT2D eigenvalue weighted by molar-refractivity contribution is 7.99. The number of Topliss-reactive ketones (excluding diaryl/α,β-unsaturated/α-hetero) is 1. The molecule has 0 aliphatic heterocycles. The van der Waals surface area contributed by atoms with E-state index in [2.05, 4.69) is 15.5 Å². The van der Waals surface area contributed by atoms with Crippen molar-refractivity contribution in [1.82, 2.24) is 20.1 Å². The highest BCUT2D eigenvalue weighted by atomic mass is 32.2. The minimum atomic E-state index is -0.413. The van der Waals surface area contributed by atoms with Gasteiger partial charge in [-0.05, 0) is 25.7 Å². The summed E-state index contributed by atoms with van der Waals surface area (Å²) < 4.78 is 2.02. The van der Waals surface area contributed by atoms with Crippen LogP contribution >= 0.6 is 11.8 Å². The molecule has 0 radical (unpaired) electrons. The van der Waals surface area contributed by atoms with Gasteiger partial charge >= 0.3 is 0 Å². The maximum absolute atomic E-state index is 11.9. The summed E-state index contributed by atoms with van der Waals surface area (Å²) in [6, 6.07) is 0.0839. The predicted molar refractivity (Wildman–Crippen MR) is 76.5 cm³/mol. The van der Waals surface area contributed by atoms with Crippen molar-refractivity contribution < 1.29 is 9.59 Å². The Balaban J connectivity index is 1.85. The minimum Gasteiger partial charge on any atom is -0.345 e. The standard InChI is InChI=1S/C13H20N4O2S/c1-8(2)12(9(3)18)15-11(19)6-20-13-16-14-7-17(13)10-4-5-10/h7-8,10,12H,4-6H2,1-3H3,(H,15,19). The lowest BCUT2D eigenvalue weighted by Gasteiger charge is -2.19. The predicted octanol–water partition coefficient (Wildman–Crippen LogP) is 1.43. The molecule has 1 aromatic heterocycles. The molecule has 0 spiro atoms. The lowest BCUT2D eigenvalue weighted by atomic mass is 10.0. The number of ketones is 1. The first kappa shape index (κ1) is 15.0. The van der Waals surface area contributed by atoms with Gasteiger partial charge in [0.15, 0.2) is 10.9 Å². The van der Waals surface area contributed by atoms with E-state index in [0.717, 1.165) is 18.0 Å². The van der Waals surface area contributed by atoms with Gasteiger partial charge in [0.05, 0.1) is 11.8 Å². The Morgan fingerprint density at radius 1 is 1.50 bits per heavy atom. The quantitative estimate of drug-likeness (QED) is 0.770. The first-order chi connectivity index (χ1) is 9.49. The summed E-state index contributed by atoms with van der Waals surface area (Å²) in [6.45, 7) is 5.34. The lowest BCUT2D eigenvalue weighted by molar-refractivity contribution is -0.126. The molecule has 1 fully saturated rings. The van der Waals surface area contributed by atoms with Crippen LogP contribution in [0.3, 0.4) is 0 Å². The average Bonchev–Trinajstić information content (AvgIpc) is 3.12. The summed E-state index contributed by atoms with van der Waals surface area (Å²) in [6.07, 6.45) is 4.01. The van der Waals surface area contributed by atoms with Crippen LogP contribution in [0.5, 0.6) is 0 Å². The zero-order chi connectivity index (χ0) is 14.7. The second-order valence-corrected chi connectivity index (χ2v) is 6.38. The van der Waals surface area contributed by atoms with Crippen molar-refractivity contribution in [3.8, 4) is 0 Å². The third kappa shape index (κ3) is 3.82. The summed E-state index contributed by atoms with van der Waals surface area (Å²) in [4.78, 5) is 23.4. The molecule has 1 N–H and O–H groups in total. The summed E-state index contributed by atoms with van der Waals surface area (Å²) >= 11 is 1.36. The topological polar surface area (TPSA) is 76.9 Å². The van der Waals surface area contributed by atoms with Crippen molar-refractivity contribution in [2.45, 2.75) is 50.9 Å². The summed E-state index contributed by atoms with van der Waals surface area (Å²) in [5.74, 6) is 0.187. The fraction of sp³-hybridized carbons (Fsp3) is 0.692. The molecule has 0 saturated heterocycles. The number of hydrogen-bond acceptors (Lipinski definition) is 5. The van der Waals surface area contributed by atoms with Crippen LogP contribution in [0.15, 0.2) is 11.5 Å². The van der Waals surface area contributed by atoms with Crippen LogP contribution in [0.4, 0.5) is 0 Å². The normalized spacial score (nSPS) is 16.2. The lowest BCUT2D eigenvalue weighted by Crippen LogP contribution is -2.44. The molecule has 20 heavy (non-hydrogen) atoms. The van der Waals surface area contributed by atoms with Crippen molar-refractivity contribution in [1.29, 1.82) is 0 Å². The van der Waals surface area contributed by atoms with Crippen LogP contribution in [0, 0.1) is 5.92 Å². The molecule has 0 aromatic carbocycles. The Morgan fingerprint density at radius 2 is 2.20 bits per heavy atom. The first-order valence-corrected chi connectivity index (χ1v) is 7.79. The average molecular weight is 296 g/mol. The largest absolute Gasteiger partial charge is 0.345 e. The second kappa shape index (κ2) is 6.39. The number of carbonyl (C=O) groups excluding carboxylic acids is 2. The molecule has 110 valence electrons. The van der Waals surface area contributed by atoms with Crippen molar-refractivity contribution in [3.63, 3.8) is 0 Å². The van der Waals surface area contributed by atoms with Crippen molar-refractivity contribution in [3.05, 3.63) is 6.33 Å². The monoisotopic (exact) mass is 296 g/mol. The van der Waals surface area contributed by atoms with Crippen molar-refractivity contribution in [2.24, 2.45) is 5.92 Å². The molecule has 1 atom stereocenters. The number of carbonyl (C=O) groups is 2. The van der Waals surface area contributed by atoms with Gasteiger partial charge in [0.1, 0.15) is 6.33 Å². The Kier molecular flexibility index (Phi) is 4.80. The molecule has 1 aliphatic rings. The maximum atomic E-state index is 11.9. The van der Waals surface area contributed by atoms with E-state index in [1.165, 1.54) is 18.7 Å². The molecule has 6 nitrogen and oxygen atoms in total. The van der Waals surface area contributed by atoms with Gasteiger partial charge in [-0.3, -0.25) is 9.59 Å². The van der Waals surface area contributed by atoms with Gasteiger partial charge in [0.2, 0.25) is 5.91 Å². The number of thioether (sulfide) groups is 1. The van der Waals surface area contributed by atoms with Gasteiger partial charge in [-0.15, -0.1) is 10.2 Å². The van der Waals surface area contributed by atoms with Gasteiger partial charge in [0.25, 0.3) is 0 Å². The summed E-state index contributed by atoms with van der Waals surface area (Å²) in [7, 11) is 0. The molecule has 1 amide bonds. The molecular formula is C13H20N4O2S. The van der Waals surface area contributed by atoms with E-state index in [4.69, 9.17) is 0 Å². The molecule has 0 bridgehead atoms. The highest BCUT2D eigenvalue weighted by Crippen LogP contribution is 2.37. The van der Waals surface area contributed by atoms with Crippen LogP contribution < -0.4 is 5.32 Å². The zero-order valence-corrected chi connectivity index (χ0v) is 12.8. The molecule has 2 rings (SSSR count). The number of rotatable bonds is 7. The van der Waals surface area contributed by atoms with Crippen molar-refractivity contribution >= 4 is 23.5 Å². The van der Waals surface area contributed by atoms with Crippen LogP contribution in [-0.4, -0.2) is 38.2 Å². The van der Waals surface area contributed by atoms with Gasteiger partial charge in [-0.25, -0.2) is 0 Å². The molecule has 1 heterocycles. The van der Waals surface area contributed by atoms with Gasteiger partial charge < -0.3 is 9.88 Å². The molecular weight excluding hydrogens is 276 g/mol. The Bertz CT molecular complexity index is 496. The first-order valence-electron chi connectivity index (χ1n) is 6.81. The number of nitrogens with zero attached hydrogens (tertiary/aromatic N) is 3. The van der Waals surface area contributed by atoms with Crippen LogP contribution in [0.2, 0.25) is 0 Å². The van der Waals surface area contributed by atoms with E-state index in [1.54, 1.807) is 6.33 Å². The minimum absolute atomic E-state index is 0.0144. The second-order valence-electron chi connectivity index (χ2n) is 5.44. The Labute approximate surface area is 122 Å². The molecule has 1 aromatic rings. The fourth-order valence-corrected chi connectivity index (χ4v) is 2.82. The number of hydrogen-bond donors (Lipinski definition) is 1. The Hall–Kier alpha value is -1.37. The third-order valence-electron chi connectivity index (χ3n) is 3.23. The number of nitrogens with one attached hydrogen (secondary N) is 1.